The molecule has 5 heteroatoms. The van der Waals surface area contributed by atoms with E-state index in [0.717, 1.165) is 0 Å². The van der Waals surface area contributed by atoms with Gasteiger partial charge < -0.3 is 15.2 Å². The number of hydrogen-bond donors (Lipinski definition) is 2. The van der Waals surface area contributed by atoms with E-state index in [9.17, 15) is 9.59 Å². The van der Waals surface area contributed by atoms with Crippen LogP contribution >= 0.6 is 0 Å². The minimum absolute atomic E-state index is 0.0160. The molecule has 0 saturated heterocycles. The van der Waals surface area contributed by atoms with Gasteiger partial charge in [-0.25, -0.2) is 0 Å². The highest BCUT2D eigenvalue weighted by Gasteiger charge is 2.18. The van der Waals surface area contributed by atoms with E-state index in [2.05, 4.69) is 5.32 Å². The molecule has 18 heavy (non-hydrogen) atoms. The van der Waals surface area contributed by atoms with Gasteiger partial charge in [0.05, 0.1) is 13.0 Å². The van der Waals surface area contributed by atoms with Crippen molar-refractivity contribution in [2.45, 2.75) is 19.8 Å². The van der Waals surface area contributed by atoms with E-state index in [0.29, 0.717) is 17.9 Å². The van der Waals surface area contributed by atoms with Crippen molar-refractivity contribution in [3.8, 4) is 5.75 Å². The lowest BCUT2D eigenvalue weighted by Gasteiger charge is -2.10. The number of hydrogen-bond acceptors (Lipinski definition) is 3. The van der Waals surface area contributed by atoms with Gasteiger partial charge in [-0.05, 0) is 30.7 Å². The van der Waals surface area contributed by atoms with E-state index in [1.54, 1.807) is 38.3 Å². The van der Waals surface area contributed by atoms with Gasteiger partial charge in [0.25, 0.3) is 0 Å². The Kier molecular flexibility index (Phi) is 5.17. The van der Waals surface area contributed by atoms with Crippen molar-refractivity contribution < 1.29 is 19.4 Å². The normalized spacial score (nSPS) is 11.7. The van der Waals surface area contributed by atoms with Crippen LogP contribution in [0.25, 0.3) is 0 Å². The van der Waals surface area contributed by atoms with Gasteiger partial charge in [-0.3, -0.25) is 9.59 Å². The highest BCUT2D eigenvalue weighted by Crippen LogP contribution is 2.16. The van der Waals surface area contributed by atoms with Crippen LogP contribution in [0.4, 0.5) is 5.69 Å². The molecule has 1 rings (SSSR count). The lowest BCUT2D eigenvalue weighted by molar-refractivity contribution is -0.143. The Morgan fingerprint density at radius 2 is 1.94 bits per heavy atom. The number of ether oxygens (including phenoxy) is 1. The number of benzene rings is 1. The van der Waals surface area contributed by atoms with Crippen molar-refractivity contribution in [3.05, 3.63) is 24.3 Å². The molecule has 0 aliphatic heterocycles. The number of carbonyl (C=O) groups is 2. The first-order valence-electron chi connectivity index (χ1n) is 5.73. The molecule has 1 atom stereocenters. The summed E-state index contributed by atoms with van der Waals surface area (Å²) in [5.41, 5.74) is 0.626. The van der Waals surface area contributed by atoms with E-state index in [1.807, 2.05) is 0 Å². The quantitative estimate of drug-likeness (QED) is 0.812. The molecule has 0 bridgehead atoms. The molecule has 5 nitrogen and oxygen atoms in total. The maximum Gasteiger partial charge on any atom is 0.307 e. The van der Waals surface area contributed by atoms with E-state index in [1.165, 1.54) is 0 Å². The monoisotopic (exact) mass is 251 g/mol. The van der Waals surface area contributed by atoms with E-state index in [4.69, 9.17) is 9.84 Å². The summed E-state index contributed by atoms with van der Waals surface area (Å²) in [7, 11) is 1.56. The fourth-order valence-corrected chi connectivity index (χ4v) is 1.52. The van der Waals surface area contributed by atoms with Crippen molar-refractivity contribution in [2.24, 2.45) is 5.92 Å². The summed E-state index contributed by atoms with van der Waals surface area (Å²) in [5.74, 6) is -1.18. The molecule has 2 N–H and O–H groups in total. The van der Waals surface area contributed by atoms with E-state index in [-0.39, 0.29) is 12.3 Å². The summed E-state index contributed by atoms with van der Waals surface area (Å²) in [6.45, 7) is 1.75. The number of carbonyl (C=O) groups excluding carboxylic acids is 1. The zero-order valence-corrected chi connectivity index (χ0v) is 10.5. The van der Waals surface area contributed by atoms with Gasteiger partial charge in [0, 0.05) is 12.1 Å². The molecular formula is C13H17NO4. The Balaban J connectivity index is 2.55. The molecule has 98 valence electrons. The fraction of sp³-hybridized carbons (Fsp3) is 0.385. The van der Waals surface area contributed by atoms with Crippen molar-refractivity contribution >= 4 is 17.6 Å². The van der Waals surface area contributed by atoms with Gasteiger partial charge in [0.2, 0.25) is 5.91 Å². The summed E-state index contributed by atoms with van der Waals surface area (Å²) in [6, 6.07) is 6.87. The van der Waals surface area contributed by atoms with Crippen molar-refractivity contribution in [3.63, 3.8) is 0 Å². The Morgan fingerprint density at radius 1 is 1.33 bits per heavy atom. The number of nitrogens with one attached hydrogen (secondary N) is 1. The number of amides is 1. The lowest BCUT2D eigenvalue weighted by atomic mass is 10.0. The number of aliphatic carboxylic acids is 1. The Morgan fingerprint density at radius 3 is 2.39 bits per heavy atom. The maximum atomic E-state index is 11.6. The number of rotatable bonds is 6. The number of carboxylic acids is 1. The minimum atomic E-state index is -0.942. The Bertz CT molecular complexity index is 414. The average Bonchev–Trinajstić information content (AvgIpc) is 2.36. The molecule has 1 aromatic rings. The Hall–Kier alpha value is -2.04. The molecule has 0 aromatic heterocycles. The fourth-order valence-electron chi connectivity index (χ4n) is 1.52. The van der Waals surface area contributed by atoms with Gasteiger partial charge in [-0.2, -0.15) is 0 Å². The molecular weight excluding hydrogens is 234 g/mol. The smallest absolute Gasteiger partial charge is 0.307 e. The van der Waals surface area contributed by atoms with Crippen LogP contribution in [0.2, 0.25) is 0 Å². The molecule has 1 amide bonds. The molecule has 0 radical (unpaired) electrons. The van der Waals surface area contributed by atoms with Gasteiger partial charge >= 0.3 is 5.97 Å². The zero-order chi connectivity index (χ0) is 13.5. The lowest BCUT2D eigenvalue weighted by Crippen LogP contribution is -2.21. The van der Waals surface area contributed by atoms with Gasteiger partial charge in [0.15, 0.2) is 0 Å². The molecule has 0 spiro atoms. The van der Waals surface area contributed by atoms with Crippen molar-refractivity contribution in [2.75, 3.05) is 12.4 Å². The average molecular weight is 251 g/mol. The van der Waals surface area contributed by atoms with E-state index < -0.39 is 11.9 Å². The van der Waals surface area contributed by atoms with Crippen LogP contribution < -0.4 is 10.1 Å². The second-order valence-corrected chi connectivity index (χ2v) is 3.92. The predicted octanol–water partition coefficient (Wildman–Crippen LogP) is 2.13. The summed E-state index contributed by atoms with van der Waals surface area (Å²) in [6.07, 6.45) is 0.420. The summed E-state index contributed by atoms with van der Waals surface area (Å²) >= 11 is 0. The molecule has 0 heterocycles. The van der Waals surface area contributed by atoms with Crippen molar-refractivity contribution in [1.29, 1.82) is 0 Å². The van der Waals surface area contributed by atoms with Crippen LogP contribution in [0, 0.1) is 5.92 Å². The third-order valence-corrected chi connectivity index (χ3v) is 2.65. The number of methoxy groups -OCH3 is 1. The zero-order valence-electron chi connectivity index (χ0n) is 10.5. The first-order chi connectivity index (χ1) is 8.56. The van der Waals surface area contributed by atoms with Crippen LogP contribution in [0.15, 0.2) is 24.3 Å². The van der Waals surface area contributed by atoms with Crippen LogP contribution in [-0.2, 0) is 9.59 Å². The standard InChI is InChI=1S/C13H17NO4/c1-3-9(13(16)17)8-12(15)14-10-4-6-11(18-2)7-5-10/h4-7,9H,3,8H2,1-2H3,(H,14,15)(H,16,17). The first kappa shape index (κ1) is 14.0. The second-order valence-electron chi connectivity index (χ2n) is 3.92. The molecule has 0 aliphatic rings. The highest BCUT2D eigenvalue weighted by atomic mass is 16.5. The summed E-state index contributed by atoms with van der Waals surface area (Å²) in [5, 5.41) is 11.5. The number of carboxylic acid groups (broad SMARTS) is 1. The van der Waals surface area contributed by atoms with Crippen LogP contribution in [-0.4, -0.2) is 24.1 Å². The highest BCUT2D eigenvalue weighted by molar-refractivity contribution is 5.93. The van der Waals surface area contributed by atoms with Crippen LogP contribution in [0.5, 0.6) is 5.75 Å². The predicted molar refractivity (Wildman–Crippen MR) is 67.7 cm³/mol. The van der Waals surface area contributed by atoms with Gasteiger partial charge in [-0.1, -0.05) is 6.92 Å². The maximum absolute atomic E-state index is 11.6. The van der Waals surface area contributed by atoms with Crippen LogP contribution in [0.3, 0.4) is 0 Å². The topological polar surface area (TPSA) is 75.6 Å². The third kappa shape index (κ3) is 4.08. The van der Waals surface area contributed by atoms with Gasteiger partial charge in [-0.15, -0.1) is 0 Å². The summed E-state index contributed by atoms with van der Waals surface area (Å²) < 4.78 is 5.00. The summed E-state index contributed by atoms with van der Waals surface area (Å²) in [4.78, 5) is 22.4. The molecule has 1 aromatic carbocycles. The van der Waals surface area contributed by atoms with Crippen molar-refractivity contribution in [1.82, 2.24) is 0 Å². The number of anilines is 1. The van der Waals surface area contributed by atoms with Crippen LogP contribution in [0.1, 0.15) is 19.8 Å². The van der Waals surface area contributed by atoms with E-state index >= 15 is 0 Å². The Labute approximate surface area is 106 Å². The minimum Gasteiger partial charge on any atom is -0.497 e. The molecule has 0 aliphatic carbocycles. The SMILES string of the molecule is CCC(CC(=O)Nc1ccc(OC)cc1)C(=O)O. The third-order valence-electron chi connectivity index (χ3n) is 2.65. The largest absolute Gasteiger partial charge is 0.497 e. The molecule has 0 fully saturated rings. The second kappa shape index (κ2) is 6.64. The first-order valence-corrected chi connectivity index (χ1v) is 5.73. The van der Waals surface area contributed by atoms with Gasteiger partial charge in [0.1, 0.15) is 5.75 Å². The molecule has 0 saturated carbocycles. The molecule has 1 unspecified atom stereocenters.